The highest BCUT2D eigenvalue weighted by Crippen LogP contribution is 2.47. The number of para-hydroxylation sites is 2. The first-order valence-corrected chi connectivity index (χ1v) is 17.8. The topological polar surface area (TPSA) is 16.4 Å². The zero-order valence-corrected chi connectivity index (χ0v) is 28.4. The fourth-order valence-corrected chi connectivity index (χ4v) is 7.76. The Kier molecular flexibility index (Phi) is 7.18. The molecule has 0 saturated heterocycles. The van der Waals surface area contributed by atoms with E-state index in [4.69, 9.17) is 4.42 Å². The summed E-state index contributed by atoms with van der Waals surface area (Å²) in [6, 6.07) is 71.8. The number of anilines is 3. The molecule has 0 unspecified atom stereocenters. The summed E-state index contributed by atoms with van der Waals surface area (Å²) in [4.78, 5) is 2.41. The highest BCUT2D eigenvalue weighted by Gasteiger charge is 2.22. The van der Waals surface area contributed by atoms with E-state index in [1.54, 1.807) is 0 Å². The van der Waals surface area contributed by atoms with Crippen molar-refractivity contribution in [3.8, 4) is 33.4 Å². The number of benzene rings is 9. The van der Waals surface area contributed by atoms with E-state index in [-0.39, 0.29) is 0 Å². The van der Waals surface area contributed by atoms with Gasteiger partial charge in [0.2, 0.25) is 0 Å². The Morgan fingerprint density at radius 1 is 0.327 bits per heavy atom. The van der Waals surface area contributed by atoms with Crippen LogP contribution in [0.15, 0.2) is 205 Å². The Labute approximate surface area is 302 Å². The molecule has 2 heteroatoms. The molecular weight excluding hydrogens is 631 g/mol. The number of nitrogens with zero attached hydrogens (tertiary/aromatic N) is 1. The second-order valence-corrected chi connectivity index (χ2v) is 13.3. The molecule has 1 heterocycles. The highest BCUT2D eigenvalue weighted by molar-refractivity contribution is 6.14. The quantitative estimate of drug-likeness (QED) is 0.176. The lowest BCUT2D eigenvalue weighted by molar-refractivity contribution is 0.669. The number of hydrogen-bond donors (Lipinski definition) is 0. The summed E-state index contributed by atoms with van der Waals surface area (Å²) in [6.45, 7) is 0. The molecule has 1 aromatic heterocycles. The van der Waals surface area contributed by atoms with Gasteiger partial charge in [0.15, 0.2) is 0 Å². The smallest absolute Gasteiger partial charge is 0.137 e. The van der Waals surface area contributed by atoms with Crippen LogP contribution < -0.4 is 4.90 Å². The largest absolute Gasteiger partial charge is 0.456 e. The first-order valence-electron chi connectivity index (χ1n) is 17.8. The Bertz CT molecular complexity index is 2910. The van der Waals surface area contributed by atoms with Crippen molar-refractivity contribution in [1.29, 1.82) is 0 Å². The van der Waals surface area contributed by atoms with Crippen LogP contribution in [0.1, 0.15) is 0 Å². The SMILES string of the molecule is c1cc(-c2ccc(-c3ccc4ccccc4c3)cc2)cc(N(c2ccccc2-c2cccc3ccccc23)c2cccc3oc4ccccc4c23)c1. The average Bonchev–Trinajstić information content (AvgIpc) is 3.61. The molecule has 0 atom stereocenters. The van der Waals surface area contributed by atoms with Gasteiger partial charge in [0, 0.05) is 16.6 Å². The van der Waals surface area contributed by atoms with E-state index >= 15 is 0 Å². The van der Waals surface area contributed by atoms with Gasteiger partial charge in [0.1, 0.15) is 11.2 Å². The molecule has 0 radical (unpaired) electrons. The molecule has 0 N–H and O–H groups in total. The van der Waals surface area contributed by atoms with Gasteiger partial charge in [-0.05, 0) is 91.8 Å². The summed E-state index contributed by atoms with van der Waals surface area (Å²) in [5.74, 6) is 0. The summed E-state index contributed by atoms with van der Waals surface area (Å²) in [6.07, 6.45) is 0. The Balaban J connectivity index is 1.15. The van der Waals surface area contributed by atoms with Crippen LogP contribution in [0.2, 0.25) is 0 Å². The van der Waals surface area contributed by atoms with E-state index in [9.17, 15) is 0 Å². The van der Waals surface area contributed by atoms with Gasteiger partial charge in [0.05, 0.1) is 16.8 Å². The molecule has 10 rings (SSSR count). The molecule has 0 fully saturated rings. The van der Waals surface area contributed by atoms with Gasteiger partial charge in [0.25, 0.3) is 0 Å². The van der Waals surface area contributed by atoms with Crippen molar-refractivity contribution in [3.63, 3.8) is 0 Å². The van der Waals surface area contributed by atoms with Gasteiger partial charge in [-0.3, -0.25) is 0 Å². The predicted molar refractivity (Wildman–Crippen MR) is 220 cm³/mol. The molecule has 10 aromatic rings. The Morgan fingerprint density at radius 3 is 1.77 bits per heavy atom. The Hall–Kier alpha value is -6.90. The maximum atomic E-state index is 6.43. The Morgan fingerprint density at radius 2 is 0.904 bits per heavy atom. The van der Waals surface area contributed by atoms with Crippen molar-refractivity contribution in [2.45, 2.75) is 0 Å². The van der Waals surface area contributed by atoms with Crippen molar-refractivity contribution in [1.82, 2.24) is 0 Å². The van der Waals surface area contributed by atoms with Crippen molar-refractivity contribution in [2.75, 3.05) is 4.90 Å². The molecule has 0 aliphatic rings. The molecule has 0 amide bonds. The minimum atomic E-state index is 0.867. The minimum absolute atomic E-state index is 0.867. The first-order chi connectivity index (χ1) is 25.8. The van der Waals surface area contributed by atoms with E-state index < -0.39 is 0 Å². The van der Waals surface area contributed by atoms with E-state index in [2.05, 4.69) is 199 Å². The fourth-order valence-electron chi connectivity index (χ4n) is 7.76. The minimum Gasteiger partial charge on any atom is -0.456 e. The molecule has 9 aromatic carbocycles. The molecular formula is C50H33NO. The molecule has 0 aliphatic carbocycles. The summed E-state index contributed by atoms with van der Waals surface area (Å²) in [7, 11) is 0. The standard InChI is InChI=1S/C50H33NO/c1-2-14-38-32-40(31-30-34(38)12-1)36-28-26-35(27-29-36)39-16-9-17-41(33-39)51(47-23-11-25-49-50(47)45-20-6-8-24-48(45)52-49)46-22-7-5-19-44(46)43-21-10-15-37-13-3-4-18-42(37)43/h1-33H. The van der Waals surface area contributed by atoms with Crippen LogP contribution in [0.5, 0.6) is 0 Å². The van der Waals surface area contributed by atoms with Crippen LogP contribution in [0.25, 0.3) is 76.9 Å². The van der Waals surface area contributed by atoms with Crippen LogP contribution in [-0.4, -0.2) is 0 Å². The molecule has 0 spiro atoms. The van der Waals surface area contributed by atoms with Crippen molar-refractivity contribution in [3.05, 3.63) is 200 Å². The number of fused-ring (bicyclic) bond motifs is 5. The van der Waals surface area contributed by atoms with Gasteiger partial charge in [-0.1, -0.05) is 158 Å². The van der Waals surface area contributed by atoms with Crippen molar-refractivity contribution in [2.24, 2.45) is 0 Å². The maximum absolute atomic E-state index is 6.43. The van der Waals surface area contributed by atoms with E-state index in [1.807, 2.05) is 6.07 Å². The van der Waals surface area contributed by atoms with Crippen molar-refractivity contribution >= 4 is 60.5 Å². The van der Waals surface area contributed by atoms with Gasteiger partial charge in [-0.25, -0.2) is 0 Å². The second kappa shape index (κ2) is 12.5. The summed E-state index contributed by atoms with van der Waals surface area (Å²) in [5.41, 5.74) is 12.1. The third kappa shape index (κ3) is 5.12. The zero-order valence-electron chi connectivity index (χ0n) is 28.4. The number of rotatable bonds is 6. The first kappa shape index (κ1) is 30.0. The third-order valence-corrected chi connectivity index (χ3v) is 10.3. The van der Waals surface area contributed by atoms with Crippen LogP contribution in [0.3, 0.4) is 0 Å². The van der Waals surface area contributed by atoms with E-state index in [0.717, 1.165) is 50.1 Å². The molecule has 0 aliphatic heterocycles. The van der Waals surface area contributed by atoms with E-state index in [0.29, 0.717) is 0 Å². The second-order valence-electron chi connectivity index (χ2n) is 13.3. The zero-order chi connectivity index (χ0) is 34.4. The van der Waals surface area contributed by atoms with Crippen LogP contribution in [0, 0.1) is 0 Å². The van der Waals surface area contributed by atoms with Crippen LogP contribution >= 0.6 is 0 Å². The maximum Gasteiger partial charge on any atom is 0.137 e. The lowest BCUT2D eigenvalue weighted by Gasteiger charge is -2.29. The molecule has 244 valence electrons. The monoisotopic (exact) mass is 663 g/mol. The molecule has 2 nitrogen and oxygen atoms in total. The summed E-state index contributed by atoms with van der Waals surface area (Å²) >= 11 is 0. The van der Waals surface area contributed by atoms with Crippen molar-refractivity contribution < 1.29 is 4.42 Å². The van der Waals surface area contributed by atoms with Crippen LogP contribution in [0.4, 0.5) is 17.1 Å². The normalized spacial score (nSPS) is 11.5. The summed E-state index contributed by atoms with van der Waals surface area (Å²) < 4.78 is 6.43. The average molecular weight is 664 g/mol. The van der Waals surface area contributed by atoms with Gasteiger partial charge in [-0.2, -0.15) is 0 Å². The van der Waals surface area contributed by atoms with E-state index in [1.165, 1.54) is 43.8 Å². The van der Waals surface area contributed by atoms with Gasteiger partial charge in [-0.15, -0.1) is 0 Å². The lowest BCUT2D eigenvalue weighted by atomic mass is 9.95. The van der Waals surface area contributed by atoms with Gasteiger partial charge < -0.3 is 9.32 Å². The third-order valence-electron chi connectivity index (χ3n) is 10.3. The molecule has 0 bridgehead atoms. The van der Waals surface area contributed by atoms with Crippen LogP contribution in [-0.2, 0) is 0 Å². The van der Waals surface area contributed by atoms with Gasteiger partial charge >= 0.3 is 0 Å². The lowest BCUT2D eigenvalue weighted by Crippen LogP contribution is -2.11. The molecule has 52 heavy (non-hydrogen) atoms. The summed E-state index contributed by atoms with van der Waals surface area (Å²) in [5, 5.41) is 7.15. The number of furan rings is 1. The highest BCUT2D eigenvalue weighted by atomic mass is 16.3. The molecule has 0 saturated carbocycles. The fraction of sp³-hybridized carbons (Fsp3) is 0. The predicted octanol–water partition coefficient (Wildman–Crippen LogP) is 14.4. The number of hydrogen-bond acceptors (Lipinski definition) is 2.